The van der Waals surface area contributed by atoms with Crippen LogP contribution in [0.1, 0.15) is 36.9 Å². The Hall–Kier alpha value is -1.19. The van der Waals surface area contributed by atoms with Gasteiger partial charge in [-0.05, 0) is 52.1 Å². The summed E-state index contributed by atoms with van der Waals surface area (Å²) in [6.45, 7) is 8.07. The van der Waals surface area contributed by atoms with Crippen molar-refractivity contribution >= 4 is 27.1 Å². The van der Waals surface area contributed by atoms with E-state index < -0.39 is 9.84 Å². The highest BCUT2D eigenvalue weighted by Crippen LogP contribution is 2.19. The van der Waals surface area contributed by atoms with E-state index in [0.29, 0.717) is 12.3 Å². The second kappa shape index (κ2) is 10.4. The molecule has 9 heteroatoms. The number of aromatic nitrogens is 1. The first-order chi connectivity index (χ1) is 12.7. The zero-order valence-corrected chi connectivity index (χ0v) is 18.5. The fourth-order valence-corrected chi connectivity index (χ4v) is 4.58. The van der Waals surface area contributed by atoms with Crippen LogP contribution in [0.3, 0.4) is 0 Å². The molecule has 154 valence electrons. The molecule has 1 saturated heterocycles. The number of sulfone groups is 1. The van der Waals surface area contributed by atoms with Crippen LogP contribution in [0, 0.1) is 12.8 Å². The smallest absolute Gasteiger partial charge is 0.191 e. The molecule has 27 heavy (non-hydrogen) atoms. The van der Waals surface area contributed by atoms with Gasteiger partial charge in [0, 0.05) is 37.8 Å². The van der Waals surface area contributed by atoms with E-state index >= 15 is 0 Å². The second-order valence-corrected chi connectivity index (χ2v) is 10.8. The summed E-state index contributed by atoms with van der Waals surface area (Å²) < 4.78 is 22.6. The third-order valence-electron chi connectivity index (χ3n) is 4.85. The number of nitrogens with zero attached hydrogens (tertiary/aromatic N) is 3. The standard InChI is InChI=1S/C18H33N5O2S2/c1-14(7-10-27(4,24)25)21-18(19-3)20-11-16-5-8-23(9-6-16)12-17-13-26-15(2)22-17/h13-14,16H,5-12H2,1-4H3,(H2,19,20,21). The SMILES string of the molecule is CN=C(NCC1CCN(Cc2csc(C)n2)CC1)NC(C)CCS(C)(=O)=O. The molecule has 0 bridgehead atoms. The van der Waals surface area contributed by atoms with Crippen LogP contribution in [0.2, 0.25) is 0 Å². The summed E-state index contributed by atoms with van der Waals surface area (Å²) >= 11 is 1.72. The first kappa shape index (κ1) is 22.1. The second-order valence-electron chi connectivity index (χ2n) is 7.49. The largest absolute Gasteiger partial charge is 0.356 e. The third kappa shape index (κ3) is 8.57. The first-order valence-corrected chi connectivity index (χ1v) is 12.5. The van der Waals surface area contributed by atoms with Crippen molar-refractivity contribution < 1.29 is 8.42 Å². The summed E-state index contributed by atoms with van der Waals surface area (Å²) in [5, 5.41) is 9.96. The van der Waals surface area contributed by atoms with Crippen LogP contribution in [-0.4, -0.2) is 69.0 Å². The van der Waals surface area contributed by atoms with Crippen molar-refractivity contribution in [2.75, 3.05) is 38.7 Å². The molecule has 0 aromatic carbocycles. The van der Waals surface area contributed by atoms with Crippen LogP contribution >= 0.6 is 11.3 Å². The van der Waals surface area contributed by atoms with Crippen molar-refractivity contribution in [3.8, 4) is 0 Å². The van der Waals surface area contributed by atoms with Gasteiger partial charge in [-0.2, -0.15) is 0 Å². The number of hydrogen-bond donors (Lipinski definition) is 2. The van der Waals surface area contributed by atoms with E-state index in [4.69, 9.17) is 0 Å². The number of hydrogen-bond acceptors (Lipinski definition) is 6. The number of rotatable bonds is 8. The van der Waals surface area contributed by atoms with Gasteiger partial charge in [0.05, 0.1) is 16.5 Å². The molecule has 2 rings (SSSR count). The lowest BCUT2D eigenvalue weighted by Crippen LogP contribution is -2.45. The fraction of sp³-hybridized carbons (Fsp3) is 0.778. The maximum Gasteiger partial charge on any atom is 0.191 e. The van der Waals surface area contributed by atoms with E-state index in [-0.39, 0.29) is 11.8 Å². The third-order valence-corrected chi connectivity index (χ3v) is 6.65. The van der Waals surface area contributed by atoms with E-state index in [1.165, 1.54) is 11.9 Å². The number of likely N-dealkylation sites (tertiary alicyclic amines) is 1. The average Bonchev–Trinajstić information content (AvgIpc) is 3.02. The van der Waals surface area contributed by atoms with Crippen LogP contribution in [0.15, 0.2) is 10.4 Å². The molecule has 0 radical (unpaired) electrons. The van der Waals surface area contributed by atoms with Crippen molar-refractivity contribution in [3.05, 3.63) is 16.1 Å². The monoisotopic (exact) mass is 415 g/mol. The minimum Gasteiger partial charge on any atom is -0.356 e. The molecule has 1 aliphatic heterocycles. The quantitative estimate of drug-likeness (QED) is 0.496. The lowest BCUT2D eigenvalue weighted by molar-refractivity contribution is 0.176. The van der Waals surface area contributed by atoms with Gasteiger partial charge in [0.25, 0.3) is 0 Å². The summed E-state index contributed by atoms with van der Waals surface area (Å²) in [7, 11) is -1.18. The molecule has 1 atom stereocenters. The Labute approximate surface area is 167 Å². The molecule has 0 saturated carbocycles. The van der Waals surface area contributed by atoms with Crippen molar-refractivity contribution in [2.24, 2.45) is 10.9 Å². The zero-order chi connectivity index (χ0) is 19.9. The molecule has 2 N–H and O–H groups in total. The molecule has 1 aromatic heterocycles. The van der Waals surface area contributed by atoms with Crippen LogP contribution in [0.4, 0.5) is 0 Å². The number of piperidine rings is 1. The lowest BCUT2D eigenvalue weighted by Gasteiger charge is -2.32. The van der Waals surface area contributed by atoms with Gasteiger partial charge in [-0.25, -0.2) is 13.4 Å². The summed E-state index contributed by atoms with van der Waals surface area (Å²) in [6.07, 6.45) is 4.18. The number of thiazole rings is 1. The highest BCUT2D eigenvalue weighted by atomic mass is 32.2. The Morgan fingerprint density at radius 1 is 1.44 bits per heavy atom. The predicted molar refractivity (Wildman–Crippen MR) is 113 cm³/mol. The summed E-state index contributed by atoms with van der Waals surface area (Å²) in [5.41, 5.74) is 1.18. The van der Waals surface area contributed by atoms with E-state index in [1.807, 2.05) is 6.92 Å². The Bertz CT molecular complexity index is 709. The van der Waals surface area contributed by atoms with E-state index in [0.717, 1.165) is 50.0 Å². The van der Waals surface area contributed by atoms with E-state index in [2.05, 4.69) is 37.8 Å². The van der Waals surface area contributed by atoms with Gasteiger partial charge in [-0.15, -0.1) is 11.3 Å². The van der Waals surface area contributed by atoms with Gasteiger partial charge >= 0.3 is 0 Å². The van der Waals surface area contributed by atoms with Gasteiger partial charge in [0.1, 0.15) is 9.84 Å². The van der Waals surface area contributed by atoms with Gasteiger partial charge in [0.2, 0.25) is 0 Å². The summed E-state index contributed by atoms with van der Waals surface area (Å²) in [6, 6.07) is 0.0642. The molecule has 0 amide bonds. The molecule has 1 unspecified atom stereocenters. The van der Waals surface area contributed by atoms with Crippen LogP contribution < -0.4 is 10.6 Å². The number of nitrogens with one attached hydrogen (secondary N) is 2. The fourth-order valence-electron chi connectivity index (χ4n) is 3.19. The van der Waals surface area contributed by atoms with Gasteiger partial charge in [-0.1, -0.05) is 0 Å². The van der Waals surface area contributed by atoms with E-state index in [9.17, 15) is 8.42 Å². The molecule has 2 heterocycles. The normalized spacial score (nSPS) is 18.4. The van der Waals surface area contributed by atoms with Gasteiger partial charge < -0.3 is 10.6 Å². The molecule has 1 aromatic rings. The van der Waals surface area contributed by atoms with Crippen LogP contribution in [0.5, 0.6) is 0 Å². The van der Waals surface area contributed by atoms with Gasteiger partial charge in [0.15, 0.2) is 5.96 Å². The zero-order valence-electron chi connectivity index (χ0n) is 16.9. The van der Waals surface area contributed by atoms with Crippen molar-refractivity contribution in [3.63, 3.8) is 0 Å². The molecule has 0 aliphatic carbocycles. The number of aliphatic imine (C=N–C) groups is 1. The Morgan fingerprint density at radius 2 is 2.15 bits per heavy atom. The number of aryl methyl sites for hydroxylation is 1. The molecule has 7 nitrogen and oxygen atoms in total. The van der Waals surface area contributed by atoms with Crippen LogP contribution in [-0.2, 0) is 16.4 Å². The van der Waals surface area contributed by atoms with Crippen molar-refractivity contribution in [1.29, 1.82) is 0 Å². The Balaban J connectivity index is 1.67. The molecular formula is C18H33N5O2S2. The molecule has 1 aliphatic rings. The Morgan fingerprint density at radius 3 is 2.70 bits per heavy atom. The molecule has 0 spiro atoms. The summed E-state index contributed by atoms with van der Waals surface area (Å²) in [4.78, 5) is 11.3. The lowest BCUT2D eigenvalue weighted by atomic mass is 9.97. The highest BCUT2D eigenvalue weighted by molar-refractivity contribution is 7.90. The molecule has 1 fully saturated rings. The maximum absolute atomic E-state index is 11.3. The minimum absolute atomic E-state index is 0.0642. The minimum atomic E-state index is -2.93. The molecular weight excluding hydrogens is 382 g/mol. The van der Waals surface area contributed by atoms with E-state index in [1.54, 1.807) is 18.4 Å². The van der Waals surface area contributed by atoms with Crippen LogP contribution in [0.25, 0.3) is 0 Å². The predicted octanol–water partition coefficient (Wildman–Crippen LogP) is 1.65. The first-order valence-electron chi connectivity index (χ1n) is 9.53. The summed E-state index contributed by atoms with van der Waals surface area (Å²) in [5.74, 6) is 1.56. The number of guanidine groups is 1. The van der Waals surface area contributed by atoms with Gasteiger partial charge in [-0.3, -0.25) is 9.89 Å². The highest BCUT2D eigenvalue weighted by Gasteiger charge is 2.20. The topological polar surface area (TPSA) is 86.7 Å². The average molecular weight is 416 g/mol. The van der Waals surface area contributed by atoms with Crippen molar-refractivity contribution in [1.82, 2.24) is 20.5 Å². The maximum atomic E-state index is 11.3. The Kier molecular flexibility index (Phi) is 8.50. The van der Waals surface area contributed by atoms with Crippen molar-refractivity contribution in [2.45, 2.75) is 45.7 Å².